The van der Waals surface area contributed by atoms with Crippen LogP contribution in [0.2, 0.25) is 0 Å². The SMILES string of the molecule is Cc1cn2cc(C3=Nn4cc(C5CCNCC5)nc4C3C)cc(CN)c2n1.[HH]. The van der Waals surface area contributed by atoms with Crippen LogP contribution in [0.15, 0.2) is 29.8 Å². The van der Waals surface area contributed by atoms with Gasteiger partial charge in [-0.1, -0.05) is 0 Å². The van der Waals surface area contributed by atoms with Gasteiger partial charge in [0, 0.05) is 37.4 Å². The number of nitrogens with one attached hydrogen (secondary N) is 1. The van der Waals surface area contributed by atoms with Gasteiger partial charge >= 0.3 is 0 Å². The number of rotatable bonds is 3. The first kappa shape index (κ1) is 16.6. The molecule has 0 saturated carbocycles. The van der Waals surface area contributed by atoms with Crippen LogP contribution in [0, 0.1) is 6.92 Å². The molecule has 7 nitrogen and oxygen atoms in total. The molecule has 3 aromatic rings. The standard InChI is InChI=1S/C20H25N7.H2/c1-12-9-26-10-16(7-15(8-21)20(26)23-12)18-13(2)19-24-17(11-27(19)25-18)14-3-5-22-6-4-14;/h7,9-11,13-14,22H,3-6,8,21H2,1-2H3;1H. The van der Waals surface area contributed by atoms with Gasteiger partial charge in [-0.15, -0.1) is 0 Å². The van der Waals surface area contributed by atoms with Crippen molar-refractivity contribution in [3.63, 3.8) is 0 Å². The van der Waals surface area contributed by atoms with Crippen LogP contribution in [-0.2, 0) is 6.54 Å². The second kappa shape index (κ2) is 6.28. The molecule has 0 aliphatic carbocycles. The highest BCUT2D eigenvalue weighted by Gasteiger charge is 2.30. The molecule has 5 heterocycles. The summed E-state index contributed by atoms with van der Waals surface area (Å²) in [7, 11) is 0. The van der Waals surface area contributed by atoms with Crippen molar-refractivity contribution in [3.8, 4) is 0 Å². The molecule has 1 saturated heterocycles. The van der Waals surface area contributed by atoms with Gasteiger partial charge in [0.05, 0.1) is 29.2 Å². The molecule has 5 rings (SSSR count). The lowest BCUT2D eigenvalue weighted by molar-refractivity contribution is 0.453. The molecule has 1 fully saturated rings. The predicted molar refractivity (Wildman–Crippen MR) is 107 cm³/mol. The Morgan fingerprint density at radius 2 is 2.04 bits per heavy atom. The van der Waals surface area contributed by atoms with Gasteiger partial charge in [0.15, 0.2) is 0 Å². The molecule has 1 unspecified atom stereocenters. The fraction of sp³-hybridized carbons (Fsp3) is 0.450. The number of piperidine rings is 1. The topological polar surface area (TPSA) is 85.5 Å². The van der Waals surface area contributed by atoms with Crippen LogP contribution in [-0.4, -0.2) is 37.8 Å². The van der Waals surface area contributed by atoms with Crippen molar-refractivity contribution in [2.24, 2.45) is 10.8 Å². The number of nitrogens with zero attached hydrogens (tertiary/aromatic N) is 5. The number of nitrogens with two attached hydrogens (primary N) is 1. The van der Waals surface area contributed by atoms with Gasteiger partial charge in [-0.25, -0.2) is 14.6 Å². The van der Waals surface area contributed by atoms with Gasteiger partial charge < -0.3 is 15.5 Å². The zero-order valence-corrected chi connectivity index (χ0v) is 15.8. The molecular formula is C20H27N7. The molecule has 27 heavy (non-hydrogen) atoms. The Balaban J connectivity index is 0.00000192. The lowest BCUT2D eigenvalue weighted by Gasteiger charge is -2.20. The van der Waals surface area contributed by atoms with Gasteiger partial charge in [0.2, 0.25) is 0 Å². The molecule has 1 atom stereocenters. The third-order valence-electron chi connectivity index (χ3n) is 5.77. The second-order valence-electron chi connectivity index (χ2n) is 7.67. The van der Waals surface area contributed by atoms with Crippen molar-refractivity contribution >= 4 is 11.4 Å². The first-order valence-corrected chi connectivity index (χ1v) is 9.71. The minimum Gasteiger partial charge on any atom is -0.326 e. The molecular weight excluding hydrogens is 338 g/mol. The maximum Gasteiger partial charge on any atom is 0.141 e. The molecule has 2 aliphatic rings. The molecule has 3 aromatic heterocycles. The van der Waals surface area contributed by atoms with E-state index in [-0.39, 0.29) is 7.34 Å². The summed E-state index contributed by atoms with van der Waals surface area (Å²) in [6, 6.07) is 2.12. The zero-order chi connectivity index (χ0) is 18.5. The Bertz CT molecular complexity index is 1040. The smallest absolute Gasteiger partial charge is 0.141 e. The monoisotopic (exact) mass is 365 g/mol. The van der Waals surface area contributed by atoms with Gasteiger partial charge in [0.1, 0.15) is 11.5 Å². The normalized spacial score (nSPS) is 20.3. The minimum absolute atomic E-state index is 0. The third kappa shape index (κ3) is 2.69. The summed E-state index contributed by atoms with van der Waals surface area (Å²) in [5.41, 5.74) is 12.2. The number of fused-ring (bicyclic) bond motifs is 2. The van der Waals surface area contributed by atoms with Crippen molar-refractivity contribution in [2.75, 3.05) is 13.1 Å². The molecule has 0 bridgehead atoms. The second-order valence-corrected chi connectivity index (χ2v) is 7.67. The molecule has 0 aromatic carbocycles. The van der Waals surface area contributed by atoms with E-state index in [1.165, 1.54) is 5.69 Å². The van der Waals surface area contributed by atoms with E-state index in [2.05, 4.69) is 40.1 Å². The lowest BCUT2D eigenvalue weighted by Crippen LogP contribution is -2.26. The fourth-order valence-corrected chi connectivity index (χ4v) is 4.31. The maximum atomic E-state index is 5.98. The quantitative estimate of drug-likeness (QED) is 0.746. The van der Waals surface area contributed by atoms with Crippen molar-refractivity contribution in [1.29, 1.82) is 0 Å². The highest BCUT2D eigenvalue weighted by atomic mass is 15.4. The van der Waals surface area contributed by atoms with Gasteiger partial charge in [-0.2, -0.15) is 5.10 Å². The Morgan fingerprint density at radius 3 is 2.78 bits per heavy atom. The maximum absolute atomic E-state index is 5.98. The first-order chi connectivity index (χ1) is 13.1. The van der Waals surface area contributed by atoms with Crippen LogP contribution in [0.3, 0.4) is 0 Å². The number of pyridine rings is 1. The van der Waals surface area contributed by atoms with Crippen LogP contribution in [0.5, 0.6) is 0 Å². The van der Waals surface area contributed by atoms with E-state index in [0.717, 1.165) is 59.9 Å². The molecule has 0 amide bonds. The number of hydrogen-bond acceptors (Lipinski definition) is 5. The summed E-state index contributed by atoms with van der Waals surface area (Å²) in [6.45, 7) is 6.79. The van der Waals surface area contributed by atoms with E-state index < -0.39 is 0 Å². The highest BCUT2D eigenvalue weighted by Crippen LogP contribution is 2.32. The number of aryl methyl sites for hydroxylation is 1. The molecule has 2 aliphatic heterocycles. The molecule has 142 valence electrons. The Hall–Kier alpha value is -2.51. The summed E-state index contributed by atoms with van der Waals surface area (Å²) in [6.07, 6.45) is 8.56. The fourth-order valence-electron chi connectivity index (χ4n) is 4.31. The van der Waals surface area contributed by atoms with Crippen LogP contribution >= 0.6 is 0 Å². The van der Waals surface area contributed by atoms with E-state index in [4.69, 9.17) is 15.8 Å². The average Bonchev–Trinajstić information content (AvgIpc) is 3.35. The Kier molecular flexibility index (Phi) is 3.87. The van der Waals surface area contributed by atoms with Crippen LogP contribution in [0.25, 0.3) is 5.65 Å². The summed E-state index contributed by atoms with van der Waals surface area (Å²) in [4.78, 5) is 9.54. The predicted octanol–water partition coefficient (Wildman–Crippen LogP) is 2.38. The van der Waals surface area contributed by atoms with Crippen molar-refractivity contribution in [1.82, 2.24) is 24.4 Å². The van der Waals surface area contributed by atoms with Gasteiger partial charge in [-0.3, -0.25) is 0 Å². The Morgan fingerprint density at radius 1 is 1.22 bits per heavy atom. The van der Waals surface area contributed by atoms with Gasteiger partial charge in [-0.05, 0) is 45.8 Å². The minimum atomic E-state index is 0. The number of aromatic nitrogens is 4. The van der Waals surface area contributed by atoms with Crippen LogP contribution in [0.4, 0.5) is 0 Å². The number of imidazole rings is 2. The van der Waals surface area contributed by atoms with E-state index >= 15 is 0 Å². The summed E-state index contributed by atoms with van der Waals surface area (Å²) in [5.74, 6) is 1.74. The van der Waals surface area contributed by atoms with E-state index in [0.29, 0.717) is 12.5 Å². The van der Waals surface area contributed by atoms with Crippen molar-refractivity contribution in [3.05, 3.63) is 53.0 Å². The molecule has 3 N–H and O–H groups in total. The summed E-state index contributed by atoms with van der Waals surface area (Å²) >= 11 is 0. The van der Waals surface area contributed by atoms with E-state index in [1.54, 1.807) is 0 Å². The lowest BCUT2D eigenvalue weighted by atomic mass is 9.95. The van der Waals surface area contributed by atoms with E-state index in [1.807, 2.05) is 17.8 Å². The number of hydrogen-bond donors (Lipinski definition) is 2. The first-order valence-electron chi connectivity index (χ1n) is 9.71. The average molecular weight is 365 g/mol. The molecule has 0 spiro atoms. The van der Waals surface area contributed by atoms with Gasteiger partial charge in [0.25, 0.3) is 0 Å². The van der Waals surface area contributed by atoms with Crippen molar-refractivity contribution in [2.45, 2.75) is 45.1 Å². The largest absolute Gasteiger partial charge is 0.326 e. The van der Waals surface area contributed by atoms with Crippen molar-refractivity contribution < 1.29 is 1.43 Å². The summed E-state index contributed by atoms with van der Waals surface area (Å²) < 4.78 is 4.03. The highest BCUT2D eigenvalue weighted by molar-refractivity contribution is 6.05. The van der Waals surface area contributed by atoms with Crippen LogP contribution < -0.4 is 11.1 Å². The summed E-state index contributed by atoms with van der Waals surface area (Å²) in [5, 5.41) is 8.31. The zero-order valence-electron chi connectivity index (χ0n) is 15.8. The molecule has 0 radical (unpaired) electrons. The van der Waals surface area contributed by atoms with Crippen LogP contribution in [0.1, 0.15) is 61.4 Å². The van der Waals surface area contributed by atoms with E-state index in [9.17, 15) is 0 Å². The Labute approximate surface area is 159 Å². The molecule has 7 heteroatoms. The third-order valence-corrected chi connectivity index (χ3v) is 5.77.